The second-order valence-corrected chi connectivity index (χ2v) is 5.70. The Bertz CT molecular complexity index is 580. The summed E-state index contributed by atoms with van der Waals surface area (Å²) in [6.07, 6.45) is 1.84. The third-order valence-electron chi connectivity index (χ3n) is 3.60. The van der Waals surface area contributed by atoms with Crippen molar-refractivity contribution in [2.24, 2.45) is 4.99 Å². The molecule has 1 amide bonds. The Morgan fingerprint density at radius 3 is 2.42 bits per heavy atom. The molecule has 0 aliphatic heterocycles. The maximum Gasteiger partial charge on any atom is 0.243 e. The van der Waals surface area contributed by atoms with Crippen LogP contribution in [-0.4, -0.2) is 64.7 Å². The molecule has 0 unspecified atom stereocenters. The fourth-order valence-electron chi connectivity index (χ4n) is 2.17. The van der Waals surface area contributed by atoms with E-state index in [1.54, 1.807) is 28.3 Å². The highest BCUT2D eigenvalue weighted by Gasteiger charge is 2.06. The van der Waals surface area contributed by atoms with Crippen molar-refractivity contribution in [3.63, 3.8) is 0 Å². The molecule has 1 aromatic carbocycles. The Kier molecular flexibility index (Phi) is 12.6. The molecule has 26 heavy (non-hydrogen) atoms. The molecule has 0 radical (unpaired) electrons. The molecule has 1 aromatic rings. The van der Waals surface area contributed by atoms with Crippen LogP contribution >= 0.6 is 24.0 Å². The number of carbonyl (C=O) groups excluding carboxylic acids is 1. The number of amides is 1. The van der Waals surface area contributed by atoms with Crippen molar-refractivity contribution in [1.82, 2.24) is 15.5 Å². The van der Waals surface area contributed by atoms with Crippen molar-refractivity contribution in [2.45, 2.75) is 19.8 Å². The topological polar surface area (TPSA) is 75.2 Å². The van der Waals surface area contributed by atoms with Gasteiger partial charge in [-0.2, -0.15) is 0 Å². The Hall–Kier alpha value is -1.71. The first-order valence-corrected chi connectivity index (χ1v) is 8.45. The number of methoxy groups -OCH3 is 2. The summed E-state index contributed by atoms with van der Waals surface area (Å²) in [5, 5.41) is 6.39. The number of rotatable bonds is 9. The summed E-state index contributed by atoms with van der Waals surface area (Å²) in [4.78, 5) is 17.4. The number of aryl methyl sites for hydroxylation is 1. The smallest absolute Gasteiger partial charge is 0.243 e. The molecule has 0 saturated carbocycles. The second-order valence-electron chi connectivity index (χ2n) is 5.70. The number of benzene rings is 1. The molecule has 1 rings (SSSR count). The summed E-state index contributed by atoms with van der Waals surface area (Å²) in [6.45, 7) is 3.64. The maximum absolute atomic E-state index is 11.6. The highest BCUT2D eigenvalue weighted by molar-refractivity contribution is 14.0. The number of guanidine groups is 1. The molecule has 0 aliphatic rings. The molecule has 0 atom stereocenters. The minimum absolute atomic E-state index is 0. The highest BCUT2D eigenvalue weighted by Crippen LogP contribution is 2.27. The molecule has 0 saturated heterocycles. The third-order valence-corrected chi connectivity index (χ3v) is 3.60. The molecular formula is C18H31IN4O3. The number of nitrogens with zero attached hydrogens (tertiary/aromatic N) is 2. The van der Waals surface area contributed by atoms with Gasteiger partial charge in [0.1, 0.15) is 6.54 Å². The van der Waals surface area contributed by atoms with Crippen LogP contribution in [0.4, 0.5) is 0 Å². The number of nitrogens with one attached hydrogen (secondary N) is 2. The van der Waals surface area contributed by atoms with Gasteiger partial charge in [-0.3, -0.25) is 4.79 Å². The minimum Gasteiger partial charge on any atom is -0.493 e. The molecule has 0 heterocycles. The Labute approximate surface area is 173 Å². The van der Waals surface area contributed by atoms with E-state index in [1.165, 1.54) is 10.5 Å². The summed E-state index contributed by atoms with van der Waals surface area (Å²) < 4.78 is 10.6. The fraction of sp³-hybridized carbons (Fsp3) is 0.556. The lowest BCUT2D eigenvalue weighted by molar-refractivity contribution is -0.127. The third kappa shape index (κ3) is 8.59. The van der Waals surface area contributed by atoms with E-state index >= 15 is 0 Å². The molecule has 0 fully saturated rings. The highest BCUT2D eigenvalue weighted by atomic mass is 127. The molecule has 148 valence electrons. The van der Waals surface area contributed by atoms with Crippen molar-refractivity contribution in [1.29, 1.82) is 0 Å². The largest absolute Gasteiger partial charge is 0.493 e. The van der Waals surface area contributed by atoms with Crippen LogP contribution in [0, 0.1) is 0 Å². The Balaban J connectivity index is 0.00000625. The van der Waals surface area contributed by atoms with Crippen LogP contribution in [0.15, 0.2) is 23.2 Å². The molecule has 2 N–H and O–H groups in total. The van der Waals surface area contributed by atoms with Gasteiger partial charge in [0.25, 0.3) is 0 Å². The lowest BCUT2D eigenvalue weighted by atomic mass is 10.1. The van der Waals surface area contributed by atoms with Gasteiger partial charge >= 0.3 is 0 Å². The summed E-state index contributed by atoms with van der Waals surface area (Å²) >= 11 is 0. The molecule has 0 aliphatic carbocycles. The van der Waals surface area contributed by atoms with Crippen molar-refractivity contribution in [3.8, 4) is 11.5 Å². The Morgan fingerprint density at radius 2 is 1.85 bits per heavy atom. The fourth-order valence-corrected chi connectivity index (χ4v) is 2.17. The lowest BCUT2D eigenvalue weighted by Crippen LogP contribution is -2.39. The monoisotopic (exact) mass is 478 g/mol. The zero-order valence-electron chi connectivity index (χ0n) is 16.3. The van der Waals surface area contributed by atoms with E-state index in [4.69, 9.17) is 9.47 Å². The minimum atomic E-state index is -0.0254. The number of carbonyl (C=O) groups is 1. The van der Waals surface area contributed by atoms with Crippen LogP contribution in [0.2, 0.25) is 0 Å². The molecule has 8 heteroatoms. The SMILES string of the molecule is CCNC(=NCC(=O)N(C)C)NCCCc1ccc(OC)c(OC)c1.I. The number of hydrogen-bond acceptors (Lipinski definition) is 4. The first-order valence-electron chi connectivity index (χ1n) is 8.45. The number of ether oxygens (including phenoxy) is 2. The number of halogens is 1. The van der Waals surface area contributed by atoms with Crippen LogP contribution in [0.5, 0.6) is 11.5 Å². The van der Waals surface area contributed by atoms with E-state index in [0.29, 0.717) is 5.96 Å². The van der Waals surface area contributed by atoms with Crippen molar-refractivity contribution >= 4 is 35.8 Å². The van der Waals surface area contributed by atoms with Crippen LogP contribution in [0.1, 0.15) is 18.9 Å². The van der Waals surface area contributed by atoms with Gasteiger partial charge in [0, 0.05) is 27.2 Å². The summed E-state index contributed by atoms with van der Waals surface area (Å²) in [5.41, 5.74) is 1.18. The number of hydrogen-bond donors (Lipinski definition) is 2. The molecule has 0 aromatic heterocycles. The standard InChI is InChI=1S/C18H30N4O3.HI/c1-6-19-18(21-13-17(23)22(2)3)20-11-7-8-14-9-10-15(24-4)16(12-14)25-5;/h9-10,12H,6-8,11,13H2,1-5H3,(H2,19,20,21);1H. The van der Waals surface area contributed by atoms with E-state index in [1.807, 2.05) is 25.1 Å². The first-order chi connectivity index (χ1) is 12.0. The van der Waals surface area contributed by atoms with Gasteiger partial charge in [-0.15, -0.1) is 24.0 Å². The second kappa shape index (κ2) is 13.5. The van der Waals surface area contributed by atoms with Crippen LogP contribution in [-0.2, 0) is 11.2 Å². The molecule has 0 bridgehead atoms. The zero-order chi connectivity index (χ0) is 18.7. The van der Waals surface area contributed by atoms with Gasteiger partial charge < -0.3 is 25.0 Å². The average Bonchev–Trinajstić information content (AvgIpc) is 2.62. The molecular weight excluding hydrogens is 447 g/mol. The van der Waals surface area contributed by atoms with E-state index < -0.39 is 0 Å². The molecule has 0 spiro atoms. The average molecular weight is 478 g/mol. The quantitative estimate of drug-likeness (QED) is 0.246. The van der Waals surface area contributed by atoms with Gasteiger partial charge in [0.15, 0.2) is 17.5 Å². The number of aliphatic imine (C=N–C) groups is 1. The van der Waals surface area contributed by atoms with E-state index in [-0.39, 0.29) is 36.4 Å². The molecule has 7 nitrogen and oxygen atoms in total. The maximum atomic E-state index is 11.6. The van der Waals surface area contributed by atoms with Gasteiger partial charge in [-0.05, 0) is 37.5 Å². The van der Waals surface area contributed by atoms with Gasteiger partial charge in [0.2, 0.25) is 5.91 Å². The van der Waals surface area contributed by atoms with E-state index in [0.717, 1.165) is 37.4 Å². The predicted molar refractivity (Wildman–Crippen MR) is 116 cm³/mol. The normalized spacial score (nSPS) is 10.6. The summed E-state index contributed by atoms with van der Waals surface area (Å²) in [5.74, 6) is 2.11. The van der Waals surface area contributed by atoms with Crippen molar-refractivity contribution < 1.29 is 14.3 Å². The van der Waals surface area contributed by atoms with E-state index in [2.05, 4.69) is 15.6 Å². The Morgan fingerprint density at radius 1 is 1.15 bits per heavy atom. The van der Waals surface area contributed by atoms with Crippen LogP contribution in [0.3, 0.4) is 0 Å². The van der Waals surface area contributed by atoms with Crippen molar-refractivity contribution in [2.75, 3.05) is 47.9 Å². The van der Waals surface area contributed by atoms with Crippen LogP contribution in [0.25, 0.3) is 0 Å². The van der Waals surface area contributed by atoms with Crippen LogP contribution < -0.4 is 20.1 Å². The lowest BCUT2D eigenvalue weighted by Gasteiger charge is -2.13. The first kappa shape index (κ1) is 24.3. The van der Waals surface area contributed by atoms with Gasteiger partial charge in [-0.1, -0.05) is 6.07 Å². The summed E-state index contributed by atoms with van der Waals surface area (Å²) in [7, 11) is 6.71. The van der Waals surface area contributed by atoms with Gasteiger partial charge in [-0.25, -0.2) is 4.99 Å². The zero-order valence-corrected chi connectivity index (χ0v) is 18.6. The summed E-state index contributed by atoms with van der Waals surface area (Å²) in [6, 6.07) is 5.95. The van der Waals surface area contributed by atoms with Gasteiger partial charge in [0.05, 0.1) is 14.2 Å². The number of likely N-dealkylation sites (N-methyl/N-ethyl adjacent to an activating group) is 1. The predicted octanol–water partition coefficient (Wildman–Crippen LogP) is 1.90. The van der Waals surface area contributed by atoms with Crippen molar-refractivity contribution in [3.05, 3.63) is 23.8 Å². The van der Waals surface area contributed by atoms with E-state index in [9.17, 15) is 4.79 Å².